The van der Waals surface area contributed by atoms with Crippen LogP contribution in [0.4, 0.5) is 0 Å². The van der Waals surface area contributed by atoms with Gasteiger partial charge in [-0.2, -0.15) is 0 Å². The number of benzene rings is 1. The van der Waals surface area contributed by atoms with E-state index in [0.717, 1.165) is 24.3 Å². The summed E-state index contributed by atoms with van der Waals surface area (Å²) in [7, 11) is 0. The summed E-state index contributed by atoms with van der Waals surface area (Å²) >= 11 is 1.81. The number of fused-ring (bicyclic) bond motifs is 1. The number of rotatable bonds is 3. The van der Waals surface area contributed by atoms with E-state index in [1.165, 1.54) is 10.3 Å². The van der Waals surface area contributed by atoms with Crippen LogP contribution in [0.2, 0.25) is 0 Å². The summed E-state index contributed by atoms with van der Waals surface area (Å²) in [6, 6.07) is 10.4. The van der Waals surface area contributed by atoms with Crippen LogP contribution >= 0.6 is 11.8 Å². The Morgan fingerprint density at radius 3 is 3.11 bits per heavy atom. The van der Waals surface area contributed by atoms with Gasteiger partial charge in [0.15, 0.2) is 0 Å². The molecular formula is C14H15NO2S. The maximum Gasteiger partial charge on any atom is 0.147 e. The molecule has 0 bridgehead atoms. The zero-order valence-electron chi connectivity index (χ0n) is 10.0. The minimum absolute atomic E-state index is 0.294. The molecule has 0 amide bonds. The zero-order chi connectivity index (χ0) is 12.2. The predicted octanol–water partition coefficient (Wildman–Crippen LogP) is 3.09. The van der Waals surface area contributed by atoms with Gasteiger partial charge in [-0.3, -0.25) is 4.98 Å². The van der Waals surface area contributed by atoms with E-state index in [4.69, 9.17) is 9.47 Å². The van der Waals surface area contributed by atoms with E-state index in [1.54, 1.807) is 0 Å². The van der Waals surface area contributed by atoms with Crippen molar-refractivity contribution in [2.24, 2.45) is 0 Å². The molecule has 1 aromatic heterocycles. The van der Waals surface area contributed by atoms with E-state index in [0.29, 0.717) is 12.9 Å². The first-order valence-electron chi connectivity index (χ1n) is 6.09. The Labute approximate surface area is 111 Å². The zero-order valence-corrected chi connectivity index (χ0v) is 10.9. The van der Waals surface area contributed by atoms with Crippen molar-refractivity contribution < 1.29 is 9.47 Å². The van der Waals surface area contributed by atoms with Crippen molar-refractivity contribution in [3.05, 3.63) is 36.5 Å². The molecule has 2 heterocycles. The summed E-state index contributed by atoms with van der Waals surface area (Å²) in [5.41, 5.74) is 1.08. The Morgan fingerprint density at radius 1 is 1.28 bits per heavy atom. The van der Waals surface area contributed by atoms with Gasteiger partial charge in [0.2, 0.25) is 0 Å². The molecule has 18 heavy (non-hydrogen) atoms. The lowest BCUT2D eigenvalue weighted by atomic mass is 10.2. The fourth-order valence-electron chi connectivity index (χ4n) is 2.01. The fourth-order valence-corrected chi connectivity index (χ4v) is 3.12. The highest BCUT2D eigenvalue weighted by Gasteiger charge is 2.15. The van der Waals surface area contributed by atoms with Crippen molar-refractivity contribution in [2.45, 2.75) is 17.4 Å². The first-order valence-corrected chi connectivity index (χ1v) is 7.08. The minimum Gasteiger partial charge on any atom is -0.355 e. The average Bonchev–Trinajstić information content (AvgIpc) is 2.46. The molecule has 0 N–H and O–H groups in total. The van der Waals surface area contributed by atoms with Crippen LogP contribution in [-0.4, -0.2) is 30.2 Å². The Kier molecular flexibility index (Phi) is 3.78. The van der Waals surface area contributed by atoms with Crippen LogP contribution in [0.5, 0.6) is 0 Å². The van der Waals surface area contributed by atoms with Gasteiger partial charge in [-0.15, -0.1) is 11.8 Å². The van der Waals surface area contributed by atoms with Crippen LogP contribution in [0, 0.1) is 0 Å². The van der Waals surface area contributed by atoms with Gasteiger partial charge in [0.25, 0.3) is 0 Å². The van der Waals surface area contributed by atoms with Crippen LogP contribution in [0.1, 0.15) is 6.42 Å². The highest BCUT2D eigenvalue weighted by molar-refractivity contribution is 7.99. The first-order chi connectivity index (χ1) is 8.93. The maximum absolute atomic E-state index is 5.55. The van der Waals surface area contributed by atoms with E-state index < -0.39 is 0 Å². The minimum atomic E-state index is 0.294. The largest absolute Gasteiger partial charge is 0.355 e. The third kappa shape index (κ3) is 2.66. The van der Waals surface area contributed by atoms with Gasteiger partial charge >= 0.3 is 0 Å². The van der Waals surface area contributed by atoms with Crippen LogP contribution in [0.3, 0.4) is 0 Å². The Hall–Kier alpha value is -1.10. The summed E-state index contributed by atoms with van der Waals surface area (Å²) in [6.45, 7) is 1.23. The van der Waals surface area contributed by atoms with E-state index in [1.807, 2.05) is 24.0 Å². The number of para-hydroxylation sites is 1. The number of ether oxygens (including phenoxy) is 2. The standard InChI is InChI=1S/C14H15NO2S/c1-3-11-4-2-7-15-14(11)13(5-1)18-9-12-6-8-16-10-17-12/h1-5,7,12H,6,8-10H2/t12-/m0/s1. The SMILES string of the molecule is c1cnc2c(SC[C@@H]3CCOCO3)cccc2c1. The summed E-state index contributed by atoms with van der Waals surface area (Å²) in [5.74, 6) is 0.957. The second-order valence-electron chi connectivity index (χ2n) is 4.25. The molecule has 1 fully saturated rings. The van der Waals surface area contributed by atoms with Gasteiger partial charge in [0.1, 0.15) is 6.79 Å². The van der Waals surface area contributed by atoms with Crippen LogP contribution < -0.4 is 0 Å². The lowest BCUT2D eigenvalue weighted by Crippen LogP contribution is -2.25. The second kappa shape index (κ2) is 5.69. The molecule has 0 saturated carbocycles. The molecule has 1 atom stereocenters. The van der Waals surface area contributed by atoms with Crippen molar-refractivity contribution in [1.29, 1.82) is 0 Å². The molecule has 1 saturated heterocycles. The number of pyridine rings is 1. The highest BCUT2D eigenvalue weighted by atomic mass is 32.2. The number of aromatic nitrogens is 1. The Balaban J connectivity index is 1.74. The van der Waals surface area contributed by atoms with E-state index >= 15 is 0 Å². The molecule has 1 aliphatic heterocycles. The molecule has 2 aromatic rings. The third-order valence-corrected chi connectivity index (χ3v) is 4.17. The van der Waals surface area contributed by atoms with Crippen molar-refractivity contribution in [3.8, 4) is 0 Å². The summed E-state index contributed by atoms with van der Waals surface area (Å²) < 4.78 is 10.7. The monoisotopic (exact) mass is 261 g/mol. The van der Waals surface area contributed by atoms with E-state index in [2.05, 4.69) is 29.2 Å². The molecule has 1 aliphatic rings. The normalized spacial score (nSPS) is 20.1. The molecule has 3 rings (SSSR count). The van der Waals surface area contributed by atoms with E-state index in [-0.39, 0.29) is 0 Å². The van der Waals surface area contributed by atoms with Crippen LogP contribution in [-0.2, 0) is 9.47 Å². The smallest absolute Gasteiger partial charge is 0.147 e. The van der Waals surface area contributed by atoms with Gasteiger partial charge in [-0.05, 0) is 18.6 Å². The topological polar surface area (TPSA) is 31.4 Å². The van der Waals surface area contributed by atoms with Gasteiger partial charge in [0.05, 0.1) is 18.2 Å². The summed E-state index contributed by atoms with van der Waals surface area (Å²) in [4.78, 5) is 5.68. The maximum atomic E-state index is 5.55. The molecule has 94 valence electrons. The van der Waals surface area contributed by atoms with Crippen molar-refractivity contribution >= 4 is 22.7 Å². The second-order valence-corrected chi connectivity index (χ2v) is 5.31. The molecule has 0 spiro atoms. The quantitative estimate of drug-likeness (QED) is 0.795. The molecule has 0 aliphatic carbocycles. The van der Waals surface area contributed by atoms with Gasteiger partial charge < -0.3 is 9.47 Å². The molecule has 1 aromatic carbocycles. The van der Waals surface area contributed by atoms with Crippen molar-refractivity contribution in [1.82, 2.24) is 4.98 Å². The number of hydrogen-bond acceptors (Lipinski definition) is 4. The lowest BCUT2D eigenvalue weighted by Gasteiger charge is -2.22. The molecule has 0 radical (unpaired) electrons. The third-order valence-electron chi connectivity index (χ3n) is 2.99. The number of thioether (sulfide) groups is 1. The van der Waals surface area contributed by atoms with Crippen molar-refractivity contribution in [2.75, 3.05) is 19.2 Å². The van der Waals surface area contributed by atoms with E-state index in [9.17, 15) is 0 Å². The molecule has 3 nitrogen and oxygen atoms in total. The first kappa shape index (κ1) is 12.0. The number of hydrogen-bond donors (Lipinski definition) is 0. The number of nitrogens with zero attached hydrogens (tertiary/aromatic N) is 1. The van der Waals surface area contributed by atoms with Crippen molar-refractivity contribution in [3.63, 3.8) is 0 Å². The van der Waals surface area contributed by atoms with Gasteiger partial charge in [-0.25, -0.2) is 0 Å². The highest BCUT2D eigenvalue weighted by Crippen LogP contribution is 2.27. The predicted molar refractivity (Wildman–Crippen MR) is 72.8 cm³/mol. The van der Waals surface area contributed by atoms with Gasteiger partial charge in [0, 0.05) is 22.2 Å². The van der Waals surface area contributed by atoms with Crippen LogP contribution in [0.25, 0.3) is 10.9 Å². The molecule has 0 unspecified atom stereocenters. The Morgan fingerprint density at radius 2 is 2.22 bits per heavy atom. The Bertz CT molecular complexity index is 521. The van der Waals surface area contributed by atoms with Gasteiger partial charge in [-0.1, -0.05) is 18.2 Å². The average molecular weight is 261 g/mol. The summed E-state index contributed by atoms with van der Waals surface area (Å²) in [5, 5.41) is 1.19. The summed E-state index contributed by atoms with van der Waals surface area (Å²) in [6.07, 6.45) is 3.12. The fraction of sp³-hybridized carbons (Fsp3) is 0.357. The lowest BCUT2D eigenvalue weighted by molar-refractivity contribution is -0.130. The molecule has 4 heteroatoms. The molecular weight excluding hydrogens is 246 g/mol. The van der Waals surface area contributed by atoms with Crippen LogP contribution in [0.15, 0.2) is 41.4 Å².